The number of sulfone groups is 2. The molecule has 0 bridgehead atoms. The SMILES string of the molecule is Cc1cc(O)c(S(=O)(=O)c2ccc(Br)cc2)cc1S(=O)(=O)c1ccc(Br)cc1. The van der Waals surface area contributed by atoms with Crippen molar-refractivity contribution in [2.75, 3.05) is 0 Å². The molecule has 3 aromatic carbocycles. The molecular formula is C19H14Br2O5S2. The van der Waals surface area contributed by atoms with E-state index < -0.39 is 30.3 Å². The van der Waals surface area contributed by atoms with E-state index in [0.717, 1.165) is 12.1 Å². The highest BCUT2D eigenvalue weighted by Gasteiger charge is 2.27. The molecule has 0 saturated heterocycles. The van der Waals surface area contributed by atoms with E-state index in [1.807, 2.05) is 0 Å². The van der Waals surface area contributed by atoms with Gasteiger partial charge in [0.1, 0.15) is 10.6 Å². The van der Waals surface area contributed by atoms with Crippen LogP contribution in [0.5, 0.6) is 5.75 Å². The van der Waals surface area contributed by atoms with E-state index >= 15 is 0 Å². The van der Waals surface area contributed by atoms with Crippen LogP contribution in [-0.2, 0) is 19.7 Å². The molecule has 0 radical (unpaired) electrons. The first kappa shape index (κ1) is 21.0. The van der Waals surface area contributed by atoms with Crippen LogP contribution in [0.1, 0.15) is 5.56 Å². The average molecular weight is 546 g/mol. The van der Waals surface area contributed by atoms with Crippen molar-refractivity contribution in [1.82, 2.24) is 0 Å². The number of hydrogen-bond donors (Lipinski definition) is 1. The predicted molar refractivity (Wildman–Crippen MR) is 112 cm³/mol. The lowest BCUT2D eigenvalue weighted by Crippen LogP contribution is -2.08. The molecule has 0 amide bonds. The molecule has 28 heavy (non-hydrogen) atoms. The minimum Gasteiger partial charge on any atom is -0.507 e. The topological polar surface area (TPSA) is 88.5 Å². The molecule has 0 aliphatic rings. The lowest BCUT2D eigenvalue weighted by atomic mass is 10.2. The van der Waals surface area contributed by atoms with Crippen LogP contribution in [0.25, 0.3) is 0 Å². The van der Waals surface area contributed by atoms with Gasteiger partial charge in [0.25, 0.3) is 0 Å². The third-order valence-corrected chi connectivity index (χ3v) is 8.85. The molecule has 9 heteroatoms. The molecule has 0 fully saturated rings. The van der Waals surface area contributed by atoms with Crippen LogP contribution >= 0.6 is 31.9 Å². The summed E-state index contributed by atoms with van der Waals surface area (Å²) in [5.74, 6) is -0.504. The molecule has 5 nitrogen and oxygen atoms in total. The fourth-order valence-electron chi connectivity index (χ4n) is 2.64. The zero-order valence-corrected chi connectivity index (χ0v) is 19.2. The van der Waals surface area contributed by atoms with Gasteiger partial charge in [-0.15, -0.1) is 0 Å². The third kappa shape index (κ3) is 3.89. The molecule has 0 heterocycles. The van der Waals surface area contributed by atoms with E-state index in [1.54, 1.807) is 24.3 Å². The van der Waals surface area contributed by atoms with Crippen molar-refractivity contribution in [1.29, 1.82) is 0 Å². The number of hydrogen-bond acceptors (Lipinski definition) is 5. The summed E-state index contributed by atoms with van der Waals surface area (Å²) < 4.78 is 53.4. The Morgan fingerprint density at radius 1 is 0.679 bits per heavy atom. The second kappa shape index (κ2) is 7.62. The first-order valence-electron chi connectivity index (χ1n) is 7.88. The molecule has 0 aliphatic heterocycles. The van der Waals surface area contributed by atoms with Gasteiger partial charge >= 0.3 is 0 Å². The van der Waals surface area contributed by atoms with Gasteiger partial charge in [-0.1, -0.05) is 31.9 Å². The van der Waals surface area contributed by atoms with Crippen LogP contribution in [0.15, 0.2) is 89.2 Å². The van der Waals surface area contributed by atoms with Gasteiger partial charge in [-0.2, -0.15) is 0 Å². The van der Waals surface area contributed by atoms with E-state index in [2.05, 4.69) is 31.9 Å². The Bertz CT molecular complexity index is 1150. The van der Waals surface area contributed by atoms with Crippen molar-refractivity contribution in [3.63, 3.8) is 0 Å². The number of phenolic OH excluding ortho intramolecular Hbond substituents is 1. The summed E-state index contributed by atoms with van der Waals surface area (Å²) in [5.41, 5.74) is 0.246. The molecule has 0 unspecified atom stereocenters. The number of aryl methyl sites for hydroxylation is 1. The van der Waals surface area contributed by atoms with Gasteiger partial charge in [-0.25, -0.2) is 16.8 Å². The Kier molecular flexibility index (Phi) is 5.73. The van der Waals surface area contributed by atoms with Gasteiger partial charge in [0.15, 0.2) is 0 Å². The zero-order chi connectivity index (χ0) is 20.7. The summed E-state index contributed by atoms with van der Waals surface area (Å²) in [6.45, 7) is 1.50. The maximum Gasteiger partial charge on any atom is 0.210 e. The predicted octanol–water partition coefficient (Wildman–Crippen LogP) is 4.89. The van der Waals surface area contributed by atoms with Crippen LogP contribution in [0.3, 0.4) is 0 Å². The number of rotatable bonds is 4. The standard InChI is InChI=1S/C19H14Br2O5S2/c1-12-10-17(22)19(28(25,26)16-8-4-14(21)5-9-16)11-18(12)27(23,24)15-6-2-13(20)3-7-15/h2-11,22H,1H3. The maximum atomic E-state index is 13.0. The molecule has 0 aliphatic carbocycles. The molecule has 3 aromatic rings. The Morgan fingerprint density at radius 2 is 1.07 bits per heavy atom. The first-order valence-corrected chi connectivity index (χ1v) is 12.4. The molecule has 0 atom stereocenters. The Labute approximate surface area is 180 Å². The Balaban J connectivity index is 2.21. The smallest absolute Gasteiger partial charge is 0.210 e. The minimum absolute atomic E-state index is 0.0245. The summed E-state index contributed by atoms with van der Waals surface area (Å²) >= 11 is 6.48. The fourth-order valence-corrected chi connectivity index (χ4v) is 6.10. The van der Waals surface area contributed by atoms with Crippen LogP contribution in [0.2, 0.25) is 0 Å². The third-order valence-electron chi connectivity index (χ3n) is 4.08. The second-order valence-corrected chi connectivity index (χ2v) is 11.7. The largest absolute Gasteiger partial charge is 0.507 e. The average Bonchev–Trinajstić information content (AvgIpc) is 2.62. The molecule has 0 saturated carbocycles. The normalized spacial score (nSPS) is 12.1. The zero-order valence-electron chi connectivity index (χ0n) is 14.4. The van der Waals surface area contributed by atoms with Crippen molar-refractivity contribution in [3.05, 3.63) is 75.2 Å². The summed E-state index contributed by atoms with van der Waals surface area (Å²) in [6.07, 6.45) is 0. The molecule has 0 spiro atoms. The highest BCUT2D eigenvalue weighted by Crippen LogP contribution is 2.35. The van der Waals surface area contributed by atoms with Crippen LogP contribution in [0.4, 0.5) is 0 Å². The second-order valence-electron chi connectivity index (χ2n) is 6.00. The van der Waals surface area contributed by atoms with E-state index in [0.29, 0.717) is 8.95 Å². The highest BCUT2D eigenvalue weighted by atomic mass is 79.9. The van der Waals surface area contributed by atoms with Crippen LogP contribution in [-0.4, -0.2) is 21.9 Å². The monoisotopic (exact) mass is 544 g/mol. The molecule has 1 N–H and O–H groups in total. The van der Waals surface area contributed by atoms with Gasteiger partial charge in [-0.3, -0.25) is 0 Å². The molecule has 3 rings (SSSR count). The number of halogens is 2. The van der Waals surface area contributed by atoms with Gasteiger partial charge in [-0.05, 0) is 73.2 Å². The van der Waals surface area contributed by atoms with E-state index in [-0.39, 0.29) is 20.2 Å². The fraction of sp³-hybridized carbons (Fsp3) is 0.0526. The van der Waals surface area contributed by atoms with Crippen molar-refractivity contribution in [2.45, 2.75) is 26.5 Å². The summed E-state index contributed by atoms with van der Waals surface area (Å²) in [6, 6.07) is 14.0. The highest BCUT2D eigenvalue weighted by molar-refractivity contribution is 9.10. The Hall–Kier alpha value is -1.68. The number of phenols is 1. The lowest BCUT2D eigenvalue weighted by Gasteiger charge is -2.13. The maximum absolute atomic E-state index is 13.0. The number of benzene rings is 3. The van der Waals surface area contributed by atoms with Crippen molar-refractivity contribution >= 4 is 51.5 Å². The van der Waals surface area contributed by atoms with Gasteiger partial charge < -0.3 is 5.11 Å². The molecule has 0 aromatic heterocycles. The summed E-state index contributed by atoms with van der Waals surface area (Å²) in [5, 5.41) is 10.3. The lowest BCUT2D eigenvalue weighted by molar-refractivity contribution is 0.457. The van der Waals surface area contributed by atoms with E-state index in [9.17, 15) is 21.9 Å². The van der Waals surface area contributed by atoms with Crippen molar-refractivity contribution in [3.8, 4) is 5.75 Å². The first-order chi connectivity index (χ1) is 13.0. The van der Waals surface area contributed by atoms with Crippen LogP contribution < -0.4 is 0 Å². The van der Waals surface area contributed by atoms with E-state index in [4.69, 9.17) is 0 Å². The van der Waals surface area contributed by atoms with Gasteiger partial charge in [0.2, 0.25) is 19.7 Å². The molecular weight excluding hydrogens is 532 g/mol. The van der Waals surface area contributed by atoms with Crippen molar-refractivity contribution in [2.24, 2.45) is 0 Å². The van der Waals surface area contributed by atoms with Gasteiger partial charge in [0, 0.05) is 8.95 Å². The summed E-state index contributed by atoms with van der Waals surface area (Å²) in [4.78, 5) is -0.669. The summed E-state index contributed by atoms with van der Waals surface area (Å²) in [7, 11) is -8.10. The number of aromatic hydroxyl groups is 1. The quantitative estimate of drug-likeness (QED) is 0.504. The van der Waals surface area contributed by atoms with Crippen molar-refractivity contribution < 1.29 is 21.9 Å². The minimum atomic E-state index is -4.12. The molecule has 146 valence electrons. The van der Waals surface area contributed by atoms with E-state index in [1.165, 1.54) is 31.2 Å². The van der Waals surface area contributed by atoms with Crippen LogP contribution in [0, 0.1) is 6.92 Å². The Morgan fingerprint density at radius 3 is 1.50 bits per heavy atom. The van der Waals surface area contributed by atoms with Gasteiger partial charge in [0.05, 0.1) is 14.7 Å².